The number of phenolic OH excluding ortho intramolecular Hbond substituents is 5. The quantitative estimate of drug-likeness (QED) is 0.0826. The number of benzene rings is 7. The van der Waals surface area contributed by atoms with Crippen LogP contribution >= 0.6 is 181 Å². The van der Waals surface area contributed by atoms with Crippen LogP contribution in [-0.4, -0.2) is 25.5 Å². The van der Waals surface area contributed by atoms with Crippen molar-refractivity contribution in [2.45, 2.75) is 32.6 Å². The average molecular weight is 1710 g/mol. The second-order valence-corrected chi connectivity index (χ2v) is 23.8. The molecule has 0 atom stereocenters. The van der Waals surface area contributed by atoms with E-state index < -0.39 is 0 Å². The van der Waals surface area contributed by atoms with Gasteiger partial charge in [0.25, 0.3) is 0 Å². The molecule has 6 nitrogen and oxygen atoms in total. The SMILES string of the molecule is Cc1cc(Cc2cc(I)c(O)c(I)c2)c(Oc2ccc(-c3cc(Cc4cc(I)c(O)c(I)c4)c(O)c(Cc4cc(I)c(O)c(I)c4)c3)cc2)c(Cc2cc(I)c(O)c(I)c2)c1. The van der Waals surface area contributed by atoms with Gasteiger partial charge in [-0.3, -0.25) is 0 Å². The highest BCUT2D eigenvalue weighted by atomic mass is 127. The maximum absolute atomic E-state index is 11.8. The van der Waals surface area contributed by atoms with Crippen LogP contribution in [0.4, 0.5) is 0 Å². The van der Waals surface area contributed by atoms with E-state index in [1.807, 2.05) is 84.9 Å². The number of ether oxygens (including phenoxy) is 1. The second kappa shape index (κ2) is 20.8. The molecule has 61 heavy (non-hydrogen) atoms. The molecule has 0 aliphatic heterocycles. The highest BCUT2D eigenvalue weighted by molar-refractivity contribution is 14.1. The molecule has 0 heterocycles. The summed E-state index contributed by atoms with van der Waals surface area (Å²) in [5, 5.41) is 53.7. The molecule has 0 saturated heterocycles. The smallest absolute Gasteiger partial charge is 0.142 e. The van der Waals surface area contributed by atoms with Crippen molar-refractivity contribution in [3.05, 3.63) is 176 Å². The van der Waals surface area contributed by atoms with Crippen LogP contribution in [0.15, 0.2) is 97.1 Å². The van der Waals surface area contributed by atoms with Gasteiger partial charge in [0, 0.05) is 25.7 Å². The number of aryl methyl sites for hydroxylation is 1. The maximum Gasteiger partial charge on any atom is 0.142 e. The van der Waals surface area contributed by atoms with Gasteiger partial charge >= 0.3 is 0 Å². The molecule has 0 amide bonds. The molecule has 312 valence electrons. The summed E-state index contributed by atoms with van der Waals surface area (Å²) < 4.78 is 13.1. The van der Waals surface area contributed by atoms with E-state index in [2.05, 4.69) is 200 Å². The highest BCUT2D eigenvalue weighted by Gasteiger charge is 2.19. The Hall–Kier alpha value is -0.820. The van der Waals surface area contributed by atoms with E-state index in [9.17, 15) is 25.5 Å². The Bertz CT molecular complexity index is 2590. The number of hydrogen-bond acceptors (Lipinski definition) is 6. The van der Waals surface area contributed by atoms with Crippen molar-refractivity contribution >= 4 is 181 Å². The molecule has 0 unspecified atom stereocenters. The first-order valence-corrected chi connectivity index (χ1v) is 27.0. The maximum atomic E-state index is 11.8. The molecule has 0 aliphatic rings. The number of phenols is 5. The van der Waals surface area contributed by atoms with Gasteiger partial charge in [-0.2, -0.15) is 0 Å². The predicted molar refractivity (Wildman–Crippen MR) is 310 cm³/mol. The van der Waals surface area contributed by atoms with Crippen molar-refractivity contribution in [3.8, 4) is 51.4 Å². The summed E-state index contributed by atoms with van der Waals surface area (Å²) in [5.41, 5.74) is 10.6. The van der Waals surface area contributed by atoms with Gasteiger partial charge in [0.2, 0.25) is 0 Å². The van der Waals surface area contributed by atoms with Crippen LogP contribution in [0.1, 0.15) is 50.1 Å². The lowest BCUT2D eigenvalue weighted by Gasteiger charge is -2.19. The van der Waals surface area contributed by atoms with E-state index in [0.717, 1.165) is 95.5 Å². The number of aromatic hydroxyl groups is 5. The molecular formula is C47H32I8O6. The summed E-state index contributed by atoms with van der Waals surface area (Å²) in [4.78, 5) is 0. The third-order valence-electron chi connectivity index (χ3n) is 9.95. The summed E-state index contributed by atoms with van der Waals surface area (Å²) in [7, 11) is 0. The highest BCUT2D eigenvalue weighted by Crippen LogP contribution is 2.40. The minimum atomic E-state index is 0.218. The Morgan fingerprint density at radius 1 is 0.361 bits per heavy atom. The molecule has 7 aromatic rings. The van der Waals surface area contributed by atoms with E-state index in [-0.39, 0.29) is 28.7 Å². The average Bonchev–Trinajstić information content (AvgIpc) is 3.20. The van der Waals surface area contributed by atoms with Crippen LogP contribution in [0.3, 0.4) is 0 Å². The van der Waals surface area contributed by atoms with Gasteiger partial charge in [-0.05, 0) is 316 Å². The Kier molecular flexibility index (Phi) is 16.4. The van der Waals surface area contributed by atoms with Crippen molar-refractivity contribution < 1.29 is 30.3 Å². The van der Waals surface area contributed by atoms with Gasteiger partial charge in [-0.1, -0.05) is 29.8 Å². The summed E-state index contributed by atoms with van der Waals surface area (Å²) in [5.74, 6) is 2.72. The Morgan fingerprint density at radius 2 is 0.656 bits per heavy atom. The van der Waals surface area contributed by atoms with Crippen LogP contribution in [0.25, 0.3) is 11.1 Å². The van der Waals surface area contributed by atoms with Gasteiger partial charge in [0.1, 0.15) is 40.2 Å². The minimum absolute atomic E-state index is 0.218. The zero-order valence-corrected chi connectivity index (χ0v) is 49.0. The van der Waals surface area contributed by atoms with Crippen LogP contribution in [0.5, 0.6) is 40.2 Å². The summed E-state index contributed by atoms with van der Waals surface area (Å²) >= 11 is 17.2. The van der Waals surface area contributed by atoms with Crippen LogP contribution in [0.2, 0.25) is 0 Å². The van der Waals surface area contributed by atoms with Gasteiger partial charge in [0.05, 0.1) is 28.6 Å². The lowest BCUT2D eigenvalue weighted by atomic mass is 9.92. The lowest BCUT2D eigenvalue weighted by molar-refractivity contribution is 0.463. The van der Waals surface area contributed by atoms with E-state index in [0.29, 0.717) is 31.4 Å². The Morgan fingerprint density at radius 3 is 0.967 bits per heavy atom. The zero-order chi connectivity index (χ0) is 43.9. The van der Waals surface area contributed by atoms with Crippen LogP contribution < -0.4 is 4.74 Å². The van der Waals surface area contributed by atoms with Gasteiger partial charge in [-0.15, -0.1) is 0 Å². The predicted octanol–water partition coefficient (Wildman–Crippen LogP) is 15.2. The van der Waals surface area contributed by atoms with Gasteiger partial charge in [-0.25, -0.2) is 0 Å². The molecular weight excluding hydrogens is 1680 g/mol. The monoisotopic (exact) mass is 1710 g/mol. The minimum Gasteiger partial charge on any atom is -0.507 e. The first kappa shape index (κ1) is 48.1. The summed E-state index contributed by atoms with van der Waals surface area (Å²) in [6.45, 7) is 2.09. The zero-order valence-electron chi connectivity index (χ0n) is 31.7. The molecule has 0 aliphatic carbocycles. The first-order valence-electron chi connectivity index (χ1n) is 18.4. The molecule has 0 radical (unpaired) electrons. The fourth-order valence-corrected chi connectivity index (χ4v) is 14.7. The van der Waals surface area contributed by atoms with Crippen molar-refractivity contribution in [1.82, 2.24) is 0 Å². The van der Waals surface area contributed by atoms with Crippen LogP contribution in [0, 0.1) is 35.5 Å². The standard InChI is InChI=1S/C47H32I8O6/c1-22-6-31(10-25-16-38(52)45(59)39(53)17-25)47(32(7-22)11-26-18-40(54)46(60)41(55)19-26)61-33-4-2-27(3-5-33)28-20-29(8-23-12-34(48)43(57)35(49)13-23)42(56)30(21-28)9-24-14-36(50)44(58)37(51)15-24/h2-7,12-21,56-60H,8-11H2,1H3. The van der Waals surface area contributed by atoms with Crippen LogP contribution in [-0.2, 0) is 25.7 Å². The summed E-state index contributed by atoms with van der Waals surface area (Å²) in [6.07, 6.45) is 2.11. The molecule has 7 aromatic carbocycles. The van der Waals surface area contributed by atoms with Gasteiger partial charge < -0.3 is 30.3 Å². The topological polar surface area (TPSA) is 110 Å². The van der Waals surface area contributed by atoms with Crippen molar-refractivity contribution in [1.29, 1.82) is 0 Å². The first-order chi connectivity index (χ1) is 28.9. The Balaban J connectivity index is 1.28. The fourth-order valence-electron chi connectivity index (χ4n) is 7.11. The number of hydrogen-bond donors (Lipinski definition) is 5. The number of rotatable bonds is 11. The molecule has 7 rings (SSSR count). The number of halogens is 8. The Labute approximate surface area is 463 Å². The third kappa shape index (κ3) is 11.6. The van der Waals surface area contributed by atoms with Crippen molar-refractivity contribution in [3.63, 3.8) is 0 Å². The van der Waals surface area contributed by atoms with E-state index >= 15 is 0 Å². The third-order valence-corrected chi connectivity index (χ3v) is 16.5. The van der Waals surface area contributed by atoms with E-state index in [1.165, 1.54) is 0 Å². The molecule has 14 heteroatoms. The molecule has 0 saturated carbocycles. The fraction of sp³-hybridized carbons (Fsp3) is 0.106. The second-order valence-electron chi connectivity index (χ2n) is 14.5. The molecule has 0 aromatic heterocycles. The van der Waals surface area contributed by atoms with Crippen molar-refractivity contribution in [2.24, 2.45) is 0 Å². The normalized spacial score (nSPS) is 11.3. The lowest BCUT2D eigenvalue weighted by Crippen LogP contribution is -2.02. The van der Waals surface area contributed by atoms with E-state index in [1.54, 1.807) is 0 Å². The molecule has 0 bridgehead atoms. The molecule has 5 N–H and O–H groups in total. The van der Waals surface area contributed by atoms with Crippen molar-refractivity contribution in [2.75, 3.05) is 0 Å². The van der Waals surface area contributed by atoms with E-state index in [4.69, 9.17) is 4.74 Å². The molecule has 0 fully saturated rings. The molecule has 0 spiro atoms. The van der Waals surface area contributed by atoms with Gasteiger partial charge in [0.15, 0.2) is 0 Å². The summed E-state index contributed by atoms with van der Waals surface area (Å²) in [6, 6.07) is 32.2. The largest absolute Gasteiger partial charge is 0.507 e.